The van der Waals surface area contributed by atoms with Crippen molar-refractivity contribution in [3.05, 3.63) is 47.9 Å². The topological polar surface area (TPSA) is 79.6 Å². The van der Waals surface area contributed by atoms with Gasteiger partial charge in [0, 0.05) is 12.2 Å². The van der Waals surface area contributed by atoms with E-state index in [0.29, 0.717) is 12.2 Å². The third-order valence-electron chi connectivity index (χ3n) is 4.01. The minimum atomic E-state index is -3.41. The van der Waals surface area contributed by atoms with Crippen LogP contribution in [0.5, 0.6) is 0 Å². The van der Waals surface area contributed by atoms with E-state index in [1.165, 1.54) is 6.26 Å². The molecule has 1 aromatic heterocycles. The highest BCUT2D eigenvalue weighted by Crippen LogP contribution is 2.31. The number of nitrogens with one attached hydrogen (secondary N) is 1. The van der Waals surface area contributed by atoms with Gasteiger partial charge in [-0.05, 0) is 48.6 Å². The van der Waals surface area contributed by atoms with Crippen LogP contribution in [0.2, 0.25) is 0 Å². The van der Waals surface area contributed by atoms with Crippen LogP contribution in [-0.4, -0.2) is 26.6 Å². The number of furan rings is 1. The maximum absolute atomic E-state index is 12.7. The van der Waals surface area contributed by atoms with Gasteiger partial charge in [-0.3, -0.25) is 9.52 Å². The van der Waals surface area contributed by atoms with Crippen LogP contribution >= 0.6 is 0 Å². The highest BCUT2D eigenvalue weighted by atomic mass is 32.2. The van der Waals surface area contributed by atoms with E-state index in [9.17, 15) is 13.2 Å². The summed E-state index contributed by atoms with van der Waals surface area (Å²) < 4.78 is 32.2. The first-order valence-corrected chi connectivity index (χ1v) is 10.00. The smallest absolute Gasteiger partial charge is 0.293 e. The summed E-state index contributed by atoms with van der Waals surface area (Å²) in [6.45, 7) is 4.29. The number of rotatable bonds is 5. The lowest BCUT2D eigenvalue weighted by Crippen LogP contribution is -2.35. The molecule has 0 aliphatic carbocycles. The molecule has 1 aliphatic rings. The maximum atomic E-state index is 12.7. The van der Waals surface area contributed by atoms with E-state index < -0.39 is 10.0 Å². The van der Waals surface area contributed by atoms with E-state index in [4.69, 9.17) is 4.42 Å². The number of hydrogen-bond donors (Lipinski definition) is 1. The Balaban J connectivity index is 1.89. The lowest BCUT2D eigenvalue weighted by Gasteiger charge is -2.29. The number of carbonyl (C=O) groups excluding carboxylic acids is 1. The van der Waals surface area contributed by atoms with Crippen LogP contribution < -0.4 is 9.62 Å². The molecule has 0 radical (unpaired) electrons. The van der Waals surface area contributed by atoms with Gasteiger partial charge < -0.3 is 9.32 Å². The Labute approximate surface area is 147 Å². The molecule has 0 fully saturated rings. The number of sulfonamides is 1. The molecule has 25 heavy (non-hydrogen) atoms. The summed E-state index contributed by atoms with van der Waals surface area (Å²) in [5, 5.41) is 0. The molecule has 2 aromatic rings. The zero-order valence-corrected chi connectivity index (χ0v) is 15.2. The SMILES string of the molecule is CC(C)CS(=O)(=O)Nc1ccc2c(c1)N(C(=O)c1ccco1)CCC2. The van der Waals surface area contributed by atoms with Crippen molar-refractivity contribution < 1.29 is 17.6 Å². The van der Waals surface area contributed by atoms with Crippen LogP contribution in [0, 0.1) is 5.92 Å². The number of benzene rings is 1. The Kier molecular flexibility index (Phi) is 4.85. The first kappa shape index (κ1) is 17.5. The molecule has 0 saturated carbocycles. The average Bonchev–Trinajstić information content (AvgIpc) is 3.06. The highest BCUT2D eigenvalue weighted by Gasteiger charge is 2.26. The molecular formula is C18H22N2O4S. The van der Waals surface area contributed by atoms with Crippen LogP contribution in [0.4, 0.5) is 11.4 Å². The Morgan fingerprint density at radius 1 is 1.32 bits per heavy atom. The predicted octanol–water partition coefficient (Wildman–Crippen LogP) is 3.27. The van der Waals surface area contributed by atoms with Gasteiger partial charge >= 0.3 is 0 Å². The monoisotopic (exact) mass is 362 g/mol. The summed E-state index contributed by atoms with van der Waals surface area (Å²) in [5.74, 6) is 0.151. The minimum absolute atomic E-state index is 0.0344. The van der Waals surface area contributed by atoms with E-state index in [0.717, 1.165) is 24.1 Å². The first-order chi connectivity index (χ1) is 11.9. The quantitative estimate of drug-likeness (QED) is 0.885. The normalized spacial score (nSPS) is 14.4. The number of aryl methyl sites for hydroxylation is 1. The fraction of sp³-hybridized carbons (Fsp3) is 0.389. The second kappa shape index (κ2) is 6.92. The van der Waals surface area contributed by atoms with Gasteiger partial charge in [0.25, 0.3) is 5.91 Å². The average molecular weight is 362 g/mol. The van der Waals surface area contributed by atoms with Crippen molar-refractivity contribution in [2.75, 3.05) is 21.9 Å². The lowest BCUT2D eigenvalue weighted by molar-refractivity contribution is 0.0958. The second-order valence-electron chi connectivity index (χ2n) is 6.66. The number of fused-ring (bicyclic) bond motifs is 1. The highest BCUT2D eigenvalue weighted by molar-refractivity contribution is 7.92. The largest absolute Gasteiger partial charge is 0.459 e. The summed E-state index contributed by atoms with van der Waals surface area (Å²) in [5.41, 5.74) is 2.23. The molecule has 1 aromatic carbocycles. The van der Waals surface area contributed by atoms with Crippen molar-refractivity contribution >= 4 is 27.3 Å². The third-order valence-corrected chi connectivity index (χ3v) is 5.66. The fourth-order valence-corrected chi connectivity index (χ4v) is 4.49. The Morgan fingerprint density at radius 2 is 2.12 bits per heavy atom. The Hall–Kier alpha value is -2.28. The van der Waals surface area contributed by atoms with Gasteiger partial charge in [0.1, 0.15) is 0 Å². The molecule has 3 rings (SSSR count). The summed E-state index contributed by atoms with van der Waals surface area (Å²) in [4.78, 5) is 14.3. The van der Waals surface area contributed by atoms with Crippen molar-refractivity contribution in [3.8, 4) is 0 Å². The molecular weight excluding hydrogens is 340 g/mol. The predicted molar refractivity (Wildman–Crippen MR) is 97.4 cm³/mol. The number of carbonyl (C=O) groups is 1. The van der Waals surface area contributed by atoms with E-state index in [1.54, 1.807) is 29.2 Å². The lowest BCUT2D eigenvalue weighted by atomic mass is 10.0. The zero-order chi connectivity index (χ0) is 18.0. The van der Waals surface area contributed by atoms with Crippen molar-refractivity contribution in [1.82, 2.24) is 0 Å². The molecule has 0 atom stereocenters. The van der Waals surface area contributed by atoms with Gasteiger partial charge in [-0.1, -0.05) is 19.9 Å². The van der Waals surface area contributed by atoms with E-state index in [1.807, 2.05) is 19.9 Å². The summed E-state index contributed by atoms with van der Waals surface area (Å²) in [7, 11) is -3.41. The van der Waals surface area contributed by atoms with Crippen LogP contribution in [-0.2, 0) is 16.4 Å². The molecule has 1 N–H and O–H groups in total. The van der Waals surface area contributed by atoms with Gasteiger partial charge in [-0.2, -0.15) is 0 Å². The standard InChI is InChI=1S/C18H22N2O4S/c1-13(2)12-25(22,23)19-15-8-7-14-5-3-9-20(16(14)11-15)18(21)17-6-4-10-24-17/h4,6-8,10-11,13,19H,3,5,9,12H2,1-2H3. The molecule has 7 heteroatoms. The molecule has 134 valence electrons. The molecule has 1 amide bonds. The fourth-order valence-electron chi connectivity index (χ4n) is 3.04. The number of amides is 1. The van der Waals surface area contributed by atoms with E-state index >= 15 is 0 Å². The van der Waals surface area contributed by atoms with Crippen molar-refractivity contribution in [2.45, 2.75) is 26.7 Å². The van der Waals surface area contributed by atoms with E-state index in [2.05, 4.69) is 4.72 Å². The number of hydrogen-bond acceptors (Lipinski definition) is 4. The molecule has 0 saturated heterocycles. The summed E-state index contributed by atoms with van der Waals surface area (Å²) in [6, 6.07) is 8.66. The van der Waals surface area contributed by atoms with Crippen LogP contribution in [0.15, 0.2) is 41.0 Å². The molecule has 0 bridgehead atoms. The zero-order valence-electron chi connectivity index (χ0n) is 14.4. The van der Waals surface area contributed by atoms with Crippen molar-refractivity contribution in [3.63, 3.8) is 0 Å². The molecule has 2 heterocycles. The van der Waals surface area contributed by atoms with Gasteiger partial charge in [-0.25, -0.2) is 8.42 Å². The van der Waals surface area contributed by atoms with E-state index in [-0.39, 0.29) is 23.3 Å². The Morgan fingerprint density at radius 3 is 2.80 bits per heavy atom. The van der Waals surface area contributed by atoms with Gasteiger partial charge in [-0.15, -0.1) is 0 Å². The van der Waals surface area contributed by atoms with Crippen LogP contribution in [0.3, 0.4) is 0 Å². The third kappa shape index (κ3) is 4.04. The van der Waals surface area contributed by atoms with Gasteiger partial charge in [0.15, 0.2) is 5.76 Å². The van der Waals surface area contributed by atoms with Gasteiger partial charge in [0.2, 0.25) is 10.0 Å². The first-order valence-electron chi connectivity index (χ1n) is 8.34. The maximum Gasteiger partial charge on any atom is 0.293 e. The minimum Gasteiger partial charge on any atom is -0.459 e. The number of anilines is 2. The summed E-state index contributed by atoms with van der Waals surface area (Å²) >= 11 is 0. The summed E-state index contributed by atoms with van der Waals surface area (Å²) in [6.07, 6.45) is 3.18. The van der Waals surface area contributed by atoms with Crippen LogP contribution in [0.25, 0.3) is 0 Å². The Bertz CT molecular complexity index is 857. The van der Waals surface area contributed by atoms with Gasteiger partial charge in [0.05, 0.1) is 17.7 Å². The molecule has 0 spiro atoms. The van der Waals surface area contributed by atoms with Crippen molar-refractivity contribution in [2.24, 2.45) is 5.92 Å². The molecule has 6 nitrogen and oxygen atoms in total. The molecule has 0 unspecified atom stereocenters. The van der Waals surface area contributed by atoms with Crippen LogP contribution in [0.1, 0.15) is 36.4 Å². The van der Waals surface area contributed by atoms with Crippen molar-refractivity contribution in [1.29, 1.82) is 0 Å². The number of nitrogens with zero attached hydrogens (tertiary/aromatic N) is 1. The second-order valence-corrected chi connectivity index (χ2v) is 8.43. The molecule has 1 aliphatic heterocycles.